The Morgan fingerprint density at radius 2 is 1.40 bits per heavy atom. The first kappa shape index (κ1) is 20.2. The average Bonchev–Trinajstić information content (AvgIpc) is 2.42. The number of unbranched alkanes of at least 4 members (excludes halogenated alkanes) is 5. The second kappa shape index (κ2) is 12.9. The minimum atomic E-state index is -0.470. The molecular formula is C17H35ClO2. The van der Waals surface area contributed by atoms with Gasteiger partial charge in [-0.3, -0.25) is 0 Å². The lowest BCUT2D eigenvalue weighted by atomic mass is 9.90. The lowest BCUT2D eigenvalue weighted by molar-refractivity contribution is -0.253. The van der Waals surface area contributed by atoms with Gasteiger partial charge < -0.3 is 9.47 Å². The summed E-state index contributed by atoms with van der Waals surface area (Å²) in [7, 11) is 0. The Morgan fingerprint density at radius 1 is 0.850 bits per heavy atom. The molecule has 20 heavy (non-hydrogen) atoms. The van der Waals surface area contributed by atoms with Gasteiger partial charge in [0.05, 0.1) is 0 Å². The Morgan fingerprint density at radius 3 is 1.90 bits per heavy atom. The highest BCUT2D eigenvalue weighted by Gasteiger charge is 2.34. The molecule has 3 heteroatoms. The quantitative estimate of drug-likeness (QED) is 0.230. The van der Waals surface area contributed by atoms with Gasteiger partial charge in [0, 0.05) is 25.0 Å². The number of rotatable bonds is 14. The van der Waals surface area contributed by atoms with Crippen molar-refractivity contribution < 1.29 is 9.47 Å². The molecule has 1 unspecified atom stereocenters. The Balaban J connectivity index is 4.22. The van der Waals surface area contributed by atoms with E-state index in [0.717, 1.165) is 12.8 Å². The maximum Gasteiger partial charge on any atom is 0.168 e. The normalized spacial score (nSPS) is 13.7. The van der Waals surface area contributed by atoms with Crippen LogP contribution in [-0.4, -0.2) is 24.9 Å². The van der Waals surface area contributed by atoms with E-state index in [-0.39, 0.29) is 0 Å². The molecule has 0 rings (SSSR count). The van der Waals surface area contributed by atoms with E-state index < -0.39 is 5.79 Å². The van der Waals surface area contributed by atoms with Crippen LogP contribution in [0.25, 0.3) is 0 Å². The van der Waals surface area contributed by atoms with Crippen molar-refractivity contribution in [2.75, 3.05) is 19.1 Å². The third-order valence-electron chi connectivity index (χ3n) is 3.97. The van der Waals surface area contributed by atoms with Gasteiger partial charge in [0.25, 0.3) is 0 Å². The van der Waals surface area contributed by atoms with Gasteiger partial charge in [-0.05, 0) is 33.6 Å². The molecule has 0 aromatic heterocycles. The zero-order valence-corrected chi connectivity index (χ0v) is 14.8. The first-order valence-electron chi connectivity index (χ1n) is 8.48. The number of hydrogen-bond donors (Lipinski definition) is 0. The third-order valence-corrected chi connectivity index (χ3v) is 4.19. The Hall–Kier alpha value is 0.210. The molecule has 0 spiro atoms. The molecular weight excluding hydrogens is 272 g/mol. The van der Waals surface area contributed by atoms with Crippen LogP contribution in [0.2, 0.25) is 0 Å². The zero-order valence-electron chi connectivity index (χ0n) is 14.0. The van der Waals surface area contributed by atoms with E-state index in [4.69, 9.17) is 21.1 Å². The lowest BCUT2D eigenvalue weighted by Gasteiger charge is -2.37. The van der Waals surface area contributed by atoms with Gasteiger partial charge in [-0.1, -0.05) is 45.4 Å². The summed E-state index contributed by atoms with van der Waals surface area (Å²) < 4.78 is 11.8. The molecule has 2 nitrogen and oxygen atoms in total. The van der Waals surface area contributed by atoms with Crippen LogP contribution in [0.3, 0.4) is 0 Å². The van der Waals surface area contributed by atoms with Crippen molar-refractivity contribution in [3.63, 3.8) is 0 Å². The van der Waals surface area contributed by atoms with Crippen LogP contribution in [0.1, 0.15) is 79.1 Å². The van der Waals surface area contributed by atoms with E-state index in [9.17, 15) is 0 Å². The van der Waals surface area contributed by atoms with Crippen molar-refractivity contribution in [3.8, 4) is 0 Å². The predicted octanol–water partition coefficient (Wildman–Crippen LogP) is 5.77. The molecule has 0 aromatic rings. The fourth-order valence-corrected chi connectivity index (χ4v) is 3.09. The molecule has 122 valence electrons. The summed E-state index contributed by atoms with van der Waals surface area (Å²) in [4.78, 5) is 0. The van der Waals surface area contributed by atoms with Crippen molar-refractivity contribution in [2.45, 2.75) is 84.8 Å². The zero-order chi connectivity index (χ0) is 15.3. The van der Waals surface area contributed by atoms with Gasteiger partial charge in [-0.2, -0.15) is 0 Å². The first-order chi connectivity index (χ1) is 9.64. The molecule has 0 bridgehead atoms. The molecule has 0 saturated heterocycles. The Labute approximate surface area is 131 Å². The Kier molecular flexibility index (Phi) is 13.0. The van der Waals surface area contributed by atoms with Crippen LogP contribution in [-0.2, 0) is 9.47 Å². The van der Waals surface area contributed by atoms with E-state index in [1.807, 2.05) is 13.8 Å². The van der Waals surface area contributed by atoms with E-state index in [0.29, 0.717) is 25.0 Å². The summed E-state index contributed by atoms with van der Waals surface area (Å²) in [6, 6.07) is 0. The smallest absolute Gasteiger partial charge is 0.168 e. The molecule has 0 saturated carbocycles. The van der Waals surface area contributed by atoms with Gasteiger partial charge in [0.2, 0.25) is 0 Å². The topological polar surface area (TPSA) is 18.5 Å². The number of hydrogen-bond acceptors (Lipinski definition) is 2. The SMILES string of the molecule is CCCCCCCCC(CCCl)C(C)(OCC)OCC. The minimum Gasteiger partial charge on any atom is -0.350 e. The van der Waals surface area contributed by atoms with Crippen molar-refractivity contribution in [1.82, 2.24) is 0 Å². The molecule has 1 atom stereocenters. The summed E-state index contributed by atoms with van der Waals surface area (Å²) >= 11 is 5.97. The second-order valence-electron chi connectivity index (χ2n) is 5.61. The molecule has 0 aliphatic rings. The number of ether oxygens (including phenoxy) is 2. The monoisotopic (exact) mass is 306 g/mol. The van der Waals surface area contributed by atoms with E-state index in [2.05, 4.69) is 13.8 Å². The second-order valence-corrected chi connectivity index (χ2v) is 5.99. The fraction of sp³-hybridized carbons (Fsp3) is 1.00. The van der Waals surface area contributed by atoms with Crippen molar-refractivity contribution in [2.24, 2.45) is 5.92 Å². The summed E-state index contributed by atoms with van der Waals surface area (Å²) in [6.07, 6.45) is 10.1. The highest BCUT2D eigenvalue weighted by atomic mass is 35.5. The van der Waals surface area contributed by atoms with Crippen molar-refractivity contribution >= 4 is 11.6 Å². The highest BCUT2D eigenvalue weighted by molar-refractivity contribution is 6.17. The maximum atomic E-state index is 5.97. The molecule has 0 aliphatic carbocycles. The van der Waals surface area contributed by atoms with E-state index >= 15 is 0 Å². The van der Waals surface area contributed by atoms with Crippen LogP contribution in [0.4, 0.5) is 0 Å². The van der Waals surface area contributed by atoms with Gasteiger partial charge in [0.15, 0.2) is 5.79 Å². The summed E-state index contributed by atoms with van der Waals surface area (Å²) in [5.41, 5.74) is 0. The van der Waals surface area contributed by atoms with Crippen LogP contribution in [0.15, 0.2) is 0 Å². The van der Waals surface area contributed by atoms with Gasteiger partial charge in [-0.15, -0.1) is 11.6 Å². The molecule has 0 radical (unpaired) electrons. The summed E-state index contributed by atoms with van der Waals surface area (Å²) in [6.45, 7) is 9.76. The molecule has 0 heterocycles. The van der Waals surface area contributed by atoms with Crippen LogP contribution in [0, 0.1) is 5.92 Å². The number of halogens is 1. The average molecular weight is 307 g/mol. The van der Waals surface area contributed by atoms with Gasteiger partial charge in [-0.25, -0.2) is 0 Å². The lowest BCUT2D eigenvalue weighted by Crippen LogP contribution is -2.41. The fourth-order valence-electron chi connectivity index (χ4n) is 2.82. The third kappa shape index (κ3) is 8.49. The van der Waals surface area contributed by atoms with E-state index in [1.54, 1.807) is 0 Å². The van der Waals surface area contributed by atoms with Crippen LogP contribution in [0.5, 0.6) is 0 Å². The van der Waals surface area contributed by atoms with Gasteiger partial charge >= 0.3 is 0 Å². The van der Waals surface area contributed by atoms with E-state index in [1.165, 1.54) is 38.5 Å². The minimum absolute atomic E-state index is 0.395. The Bertz CT molecular complexity index is 203. The molecule has 0 N–H and O–H groups in total. The summed E-state index contributed by atoms with van der Waals surface area (Å²) in [5, 5.41) is 0. The molecule has 0 aliphatic heterocycles. The maximum absolute atomic E-state index is 5.97. The predicted molar refractivity (Wildman–Crippen MR) is 88.5 cm³/mol. The number of alkyl halides is 1. The first-order valence-corrected chi connectivity index (χ1v) is 9.01. The molecule has 0 aromatic carbocycles. The highest BCUT2D eigenvalue weighted by Crippen LogP contribution is 2.31. The van der Waals surface area contributed by atoms with Gasteiger partial charge in [0.1, 0.15) is 0 Å². The van der Waals surface area contributed by atoms with Crippen molar-refractivity contribution in [1.29, 1.82) is 0 Å². The molecule has 0 amide bonds. The standard InChI is InChI=1S/C17H35ClO2/c1-5-8-9-10-11-12-13-16(14-15-18)17(4,19-6-2)20-7-3/h16H,5-15H2,1-4H3. The van der Waals surface area contributed by atoms with Crippen LogP contribution < -0.4 is 0 Å². The summed E-state index contributed by atoms with van der Waals surface area (Å²) in [5.74, 6) is 0.601. The van der Waals surface area contributed by atoms with Crippen molar-refractivity contribution in [3.05, 3.63) is 0 Å². The molecule has 0 fully saturated rings. The largest absolute Gasteiger partial charge is 0.350 e. The van der Waals surface area contributed by atoms with Crippen LogP contribution >= 0.6 is 11.6 Å².